The van der Waals surface area contributed by atoms with Gasteiger partial charge in [-0.3, -0.25) is 9.59 Å². The van der Waals surface area contributed by atoms with Gasteiger partial charge < -0.3 is 15.3 Å². The second-order valence-electron chi connectivity index (χ2n) is 10.4. The summed E-state index contributed by atoms with van der Waals surface area (Å²) in [6.07, 6.45) is 5.56. The number of likely N-dealkylation sites (tertiary alicyclic amines) is 1. The first-order chi connectivity index (χ1) is 14.5. The van der Waals surface area contributed by atoms with Crippen molar-refractivity contribution in [1.82, 2.24) is 10.2 Å². The molecule has 1 saturated carbocycles. The van der Waals surface area contributed by atoms with Crippen LogP contribution in [0.15, 0.2) is 24.3 Å². The Kier molecular flexibility index (Phi) is 7.37. The van der Waals surface area contributed by atoms with E-state index in [1.807, 2.05) is 44.7 Å². The van der Waals surface area contributed by atoms with Crippen molar-refractivity contribution < 1.29 is 14.7 Å². The van der Waals surface area contributed by atoms with Gasteiger partial charge in [0.05, 0.1) is 5.60 Å². The smallest absolute Gasteiger partial charge is 0.245 e. The van der Waals surface area contributed by atoms with Gasteiger partial charge in [-0.1, -0.05) is 64.3 Å². The van der Waals surface area contributed by atoms with E-state index in [9.17, 15) is 14.7 Å². The second-order valence-corrected chi connectivity index (χ2v) is 10.8. The molecule has 0 aromatic heterocycles. The molecule has 1 saturated heterocycles. The summed E-state index contributed by atoms with van der Waals surface area (Å²) in [5.41, 5.74) is -0.781. The number of carbonyl (C=O) groups is 2. The third-order valence-electron chi connectivity index (χ3n) is 7.28. The molecule has 1 aliphatic heterocycles. The van der Waals surface area contributed by atoms with Crippen molar-refractivity contribution in [3.8, 4) is 0 Å². The fourth-order valence-corrected chi connectivity index (χ4v) is 5.32. The van der Waals surface area contributed by atoms with E-state index >= 15 is 0 Å². The lowest BCUT2D eigenvalue weighted by molar-refractivity contribution is -0.156. The lowest BCUT2D eigenvalue weighted by atomic mass is 9.66. The molecule has 0 bridgehead atoms. The summed E-state index contributed by atoms with van der Waals surface area (Å²) >= 11 is 6.02. The minimum Gasteiger partial charge on any atom is -0.384 e. The fourth-order valence-electron chi connectivity index (χ4n) is 5.19. The van der Waals surface area contributed by atoms with Crippen LogP contribution in [0.4, 0.5) is 0 Å². The van der Waals surface area contributed by atoms with E-state index < -0.39 is 17.1 Å². The normalized spacial score (nSPS) is 24.9. The molecule has 1 aliphatic carbocycles. The Hall–Kier alpha value is -1.59. The molecule has 2 atom stereocenters. The molecule has 2 N–H and O–H groups in total. The average molecular weight is 449 g/mol. The van der Waals surface area contributed by atoms with Crippen LogP contribution in [0.2, 0.25) is 5.02 Å². The molecule has 2 fully saturated rings. The van der Waals surface area contributed by atoms with Crippen molar-refractivity contribution in [3.05, 3.63) is 34.9 Å². The first-order valence-electron chi connectivity index (χ1n) is 11.6. The quantitative estimate of drug-likeness (QED) is 0.672. The molecular formula is C25H37ClN2O3. The number of aliphatic hydroxyl groups is 1. The van der Waals surface area contributed by atoms with Crippen LogP contribution < -0.4 is 5.32 Å². The predicted octanol–water partition coefficient (Wildman–Crippen LogP) is 4.51. The van der Waals surface area contributed by atoms with Gasteiger partial charge in [0.15, 0.2) is 0 Å². The number of piperidine rings is 1. The van der Waals surface area contributed by atoms with Gasteiger partial charge in [0.2, 0.25) is 11.8 Å². The van der Waals surface area contributed by atoms with Gasteiger partial charge in [-0.25, -0.2) is 0 Å². The van der Waals surface area contributed by atoms with Crippen molar-refractivity contribution in [2.75, 3.05) is 13.1 Å². The van der Waals surface area contributed by atoms with E-state index in [-0.39, 0.29) is 17.7 Å². The molecule has 1 aromatic rings. The number of rotatable bonds is 6. The highest BCUT2D eigenvalue weighted by Gasteiger charge is 2.50. The van der Waals surface area contributed by atoms with E-state index in [4.69, 9.17) is 11.6 Å². The van der Waals surface area contributed by atoms with Crippen LogP contribution in [0.3, 0.4) is 0 Å². The number of carbonyl (C=O) groups excluding carboxylic acids is 2. The van der Waals surface area contributed by atoms with E-state index in [1.54, 1.807) is 12.1 Å². The first kappa shape index (κ1) is 24.1. The number of halogens is 1. The van der Waals surface area contributed by atoms with Crippen molar-refractivity contribution in [3.63, 3.8) is 0 Å². The highest BCUT2D eigenvalue weighted by molar-refractivity contribution is 6.30. The third-order valence-corrected chi connectivity index (χ3v) is 7.53. The maximum absolute atomic E-state index is 13.4. The number of nitrogens with zero attached hydrogens (tertiary/aromatic N) is 1. The topological polar surface area (TPSA) is 69.6 Å². The zero-order chi connectivity index (χ0) is 22.8. The Morgan fingerprint density at radius 3 is 2.35 bits per heavy atom. The third kappa shape index (κ3) is 5.25. The van der Waals surface area contributed by atoms with E-state index in [0.29, 0.717) is 36.9 Å². The Balaban J connectivity index is 1.69. The van der Waals surface area contributed by atoms with Crippen LogP contribution in [0.25, 0.3) is 0 Å². The highest BCUT2D eigenvalue weighted by atomic mass is 35.5. The second kappa shape index (κ2) is 9.50. The Labute approximate surface area is 191 Å². The molecule has 6 heteroatoms. The van der Waals surface area contributed by atoms with Crippen molar-refractivity contribution in [2.24, 2.45) is 17.3 Å². The number of hydrogen-bond donors (Lipinski definition) is 2. The molecule has 0 unspecified atom stereocenters. The number of amides is 2. The number of hydrogen-bond acceptors (Lipinski definition) is 3. The highest BCUT2D eigenvalue weighted by Crippen LogP contribution is 2.46. The molecule has 5 nitrogen and oxygen atoms in total. The summed E-state index contributed by atoms with van der Waals surface area (Å²) < 4.78 is 0. The summed E-state index contributed by atoms with van der Waals surface area (Å²) in [6.45, 7) is 8.79. The molecule has 1 heterocycles. The van der Waals surface area contributed by atoms with Crippen LogP contribution in [0.1, 0.15) is 71.8 Å². The Bertz CT molecular complexity index is 786. The van der Waals surface area contributed by atoms with Crippen molar-refractivity contribution in [1.29, 1.82) is 0 Å². The minimum atomic E-state index is -1.05. The van der Waals surface area contributed by atoms with Crippen molar-refractivity contribution >= 4 is 23.4 Å². The van der Waals surface area contributed by atoms with E-state index in [0.717, 1.165) is 18.4 Å². The van der Waals surface area contributed by atoms with E-state index in [1.165, 1.54) is 12.8 Å². The van der Waals surface area contributed by atoms with Crippen LogP contribution in [0, 0.1) is 17.3 Å². The van der Waals surface area contributed by atoms with Gasteiger partial charge in [-0.2, -0.15) is 0 Å². The summed E-state index contributed by atoms with van der Waals surface area (Å²) in [7, 11) is 0. The molecule has 2 aliphatic rings. The van der Waals surface area contributed by atoms with Gasteiger partial charge in [-0.15, -0.1) is 0 Å². The van der Waals surface area contributed by atoms with Gasteiger partial charge in [0, 0.05) is 29.9 Å². The first-order valence-corrected chi connectivity index (χ1v) is 12.0. The summed E-state index contributed by atoms with van der Waals surface area (Å²) in [5, 5.41) is 15.2. The zero-order valence-electron chi connectivity index (χ0n) is 19.3. The lowest BCUT2D eigenvalue weighted by Crippen LogP contribution is -2.60. The van der Waals surface area contributed by atoms with Gasteiger partial charge in [-0.05, 0) is 48.8 Å². The monoisotopic (exact) mass is 448 g/mol. The van der Waals surface area contributed by atoms with Gasteiger partial charge in [0.25, 0.3) is 0 Å². The number of benzene rings is 1. The van der Waals surface area contributed by atoms with E-state index in [2.05, 4.69) is 5.32 Å². The molecule has 0 spiro atoms. The maximum Gasteiger partial charge on any atom is 0.245 e. The van der Waals surface area contributed by atoms with Crippen LogP contribution >= 0.6 is 11.6 Å². The average Bonchev–Trinajstić information content (AvgIpc) is 3.21. The molecule has 172 valence electrons. The molecular weight excluding hydrogens is 412 g/mol. The Morgan fingerprint density at radius 1 is 1.19 bits per heavy atom. The number of nitrogens with one attached hydrogen (secondary N) is 1. The zero-order valence-corrected chi connectivity index (χ0v) is 20.0. The summed E-state index contributed by atoms with van der Waals surface area (Å²) in [5.74, 6) is 0.375. The summed E-state index contributed by atoms with van der Waals surface area (Å²) in [4.78, 5) is 27.8. The van der Waals surface area contributed by atoms with Crippen LogP contribution in [0.5, 0.6) is 0 Å². The van der Waals surface area contributed by atoms with Gasteiger partial charge >= 0.3 is 0 Å². The molecule has 3 rings (SSSR count). The van der Waals surface area contributed by atoms with Crippen LogP contribution in [-0.4, -0.2) is 41.0 Å². The standard InChI is InChI=1S/C25H37ClN2O3/c1-17(2)22(27-21(29)15-18-7-5-6-8-18)23(30)28-14-13-25(31,24(3,4)16-28)19-9-11-20(26)12-10-19/h9-12,17-18,22,31H,5-8,13-16H2,1-4H3,(H,27,29)/t22-,25+/m1/s1. The van der Waals surface area contributed by atoms with Crippen LogP contribution in [-0.2, 0) is 15.2 Å². The molecule has 2 amide bonds. The largest absolute Gasteiger partial charge is 0.384 e. The fraction of sp³-hybridized carbons (Fsp3) is 0.680. The molecule has 1 aromatic carbocycles. The molecule has 31 heavy (non-hydrogen) atoms. The Morgan fingerprint density at radius 2 is 1.81 bits per heavy atom. The molecule has 0 radical (unpaired) electrons. The van der Waals surface area contributed by atoms with Gasteiger partial charge in [0.1, 0.15) is 6.04 Å². The maximum atomic E-state index is 13.4. The predicted molar refractivity (Wildman–Crippen MR) is 124 cm³/mol. The van der Waals surface area contributed by atoms with Crippen molar-refractivity contribution in [2.45, 2.75) is 77.9 Å². The lowest BCUT2D eigenvalue weighted by Gasteiger charge is -2.51. The SMILES string of the molecule is CC(C)[C@@H](NC(=O)CC1CCCC1)C(=O)N1CC[C@](O)(c2ccc(Cl)cc2)C(C)(C)C1. The minimum absolute atomic E-state index is 0.000200. The summed E-state index contributed by atoms with van der Waals surface area (Å²) in [6, 6.07) is 6.77.